The van der Waals surface area contributed by atoms with Gasteiger partial charge in [0.2, 0.25) is 0 Å². The fraction of sp³-hybridized carbons (Fsp3) is 0.500. The highest BCUT2D eigenvalue weighted by atomic mass is 19.1. The van der Waals surface area contributed by atoms with Crippen LogP contribution in [-0.2, 0) is 4.79 Å². The molecule has 17 heavy (non-hydrogen) atoms. The summed E-state index contributed by atoms with van der Waals surface area (Å²) in [5, 5.41) is 3.29. The molecule has 0 amide bonds. The molecule has 2 rings (SSSR count). The molecule has 1 N–H and O–H groups in total. The van der Waals surface area contributed by atoms with Crippen LogP contribution >= 0.6 is 0 Å². The lowest BCUT2D eigenvalue weighted by Crippen LogP contribution is -2.46. The summed E-state index contributed by atoms with van der Waals surface area (Å²) in [6.07, 6.45) is 11.3. The van der Waals surface area contributed by atoms with Crippen LogP contribution in [0.3, 0.4) is 0 Å². The number of rotatable bonds is 1. The largest absolute Gasteiger partial charge is 0.383 e. The van der Waals surface area contributed by atoms with E-state index in [-0.39, 0.29) is 23.6 Å². The Bertz CT molecular complexity index is 426. The van der Waals surface area contributed by atoms with Gasteiger partial charge in [0.1, 0.15) is 5.92 Å². The second-order valence-electron chi connectivity index (χ2n) is 4.67. The van der Waals surface area contributed by atoms with E-state index in [2.05, 4.69) is 11.2 Å². The van der Waals surface area contributed by atoms with Gasteiger partial charge >= 0.3 is 0 Å². The van der Waals surface area contributed by atoms with E-state index >= 15 is 0 Å². The van der Waals surface area contributed by atoms with Gasteiger partial charge in [0.15, 0.2) is 5.78 Å². The molecule has 3 atom stereocenters. The molecule has 0 aromatic heterocycles. The second kappa shape index (κ2) is 4.75. The Morgan fingerprint density at radius 3 is 3.00 bits per heavy atom. The van der Waals surface area contributed by atoms with E-state index in [4.69, 9.17) is 6.42 Å². The normalized spacial score (nSPS) is 35.4. The molecule has 0 radical (unpaired) electrons. The summed E-state index contributed by atoms with van der Waals surface area (Å²) in [7, 11) is 0. The third-order valence-corrected chi connectivity index (χ3v) is 3.49. The molecule has 3 heteroatoms. The van der Waals surface area contributed by atoms with E-state index in [1.54, 1.807) is 6.08 Å². The van der Waals surface area contributed by atoms with Gasteiger partial charge in [0, 0.05) is 17.7 Å². The van der Waals surface area contributed by atoms with Crippen molar-refractivity contribution < 1.29 is 9.18 Å². The van der Waals surface area contributed by atoms with Crippen LogP contribution in [0.15, 0.2) is 23.7 Å². The van der Waals surface area contributed by atoms with Gasteiger partial charge in [-0.3, -0.25) is 4.79 Å². The third-order valence-electron chi connectivity index (χ3n) is 3.49. The first-order valence-electron chi connectivity index (χ1n) is 5.94. The summed E-state index contributed by atoms with van der Waals surface area (Å²) in [5.74, 6) is 1.84. The van der Waals surface area contributed by atoms with Gasteiger partial charge in [0.05, 0.1) is 5.83 Å². The molecular formula is C14H16FNO. The van der Waals surface area contributed by atoms with Crippen LogP contribution in [0.25, 0.3) is 0 Å². The number of terminal acetylenes is 1. The molecule has 0 bridgehead atoms. The lowest BCUT2D eigenvalue weighted by molar-refractivity contribution is -0.126. The van der Waals surface area contributed by atoms with E-state index < -0.39 is 5.92 Å². The van der Waals surface area contributed by atoms with Crippen molar-refractivity contribution in [1.82, 2.24) is 5.32 Å². The quantitative estimate of drug-likeness (QED) is 0.704. The van der Waals surface area contributed by atoms with E-state index in [0.717, 1.165) is 19.3 Å². The lowest BCUT2D eigenvalue weighted by atomic mass is 9.83. The number of Topliss-reactive ketones (excluding diaryl/α,β-unsaturated/α-hetero) is 1. The maximum Gasteiger partial charge on any atom is 0.158 e. The van der Waals surface area contributed by atoms with Gasteiger partial charge in [-0.1, -0.05) is 12.3 Å². The minimum absolute atomic E-state index is 0.0450. The number of piperidine rings is 1. The topological polar surface area (TPSA) is 29.1 Å². The first-order valence-corrected chi connectivity index (χ1v) is 5.94. The highest BCUT2D eigenvalue weighted by Crippen LogP contribution is 2.35. The summed E-state index contributed by atoms with van der Waals surface area (Å²) >= 11 is 0. The number of nitrogens with one attached hydrogen (secondary N) is 1. The molecule has 3 unspecified atom stereocenters. The fourth-order valence-electron chi connectivity index (χ4n) is 2.66. The maximum absolute atomic E-state index is 12.7. The van der Waals surface area contributed by atoms with E-state index in [1.165, 1.54) is 13.0 Å². The van der Waals surface area contributed by atoms with Crippen LogP contribution in [0, 0.1) is 24.2 Å². The highest BCUT2D eigenvalue weighted by molar-refractivity contribution is 5.90. The van der Waals surface area contributed by atoms with Gasteiger partial charge < -0.3 is 5.32 Å². The van der Waals surface area contributed by atoms with Crippen LogP contribution in [0.1, 0.15) is 26.2 Å². The van der Waals surface area contributed by atoms with E-state index in [0.29, 0.717) is 5.70 Å². The SMILES string of the molecule is C#CC1C(=O)C2CCCC2N/C1=C/C=C(\C)F. The van der Waals surface area contributed by atoms with Gasteiger partial charge in [-0.05, 0) is 31.9 Å². The van der Waals surface area contributed by atoms with E-state index in [1.807, 2.05) is 0 Å². The number of hydrogen-bond donors (Lipinski definition) is 1. The number of fused-ring (bicyclic) bond motifs is 1. The summed E-state index contributed by atoms with van der Waals surface area (Å²) in [5.41, 5.74) is 0.664. The number of ketones is 1. The van der Waals surface area contributed by atoms with Crippen molar-refractivity contribution in [2.24, 2.45) is 11.8 Å². The van der Waals surface area contributed by atoms with Crippen molar-refractivity contribution >= 4 is 5.78 Å². The average Bonchev–Trinajstić information content (AvgIpc) is 2.74. The molecule has 1 aliphatic carbocycles. The third kappa shape index (κ3) is 2.26. The molecule has 0 aromatic carbocycles. The molecule has 2 aliphatic rings. The Labute approximate surface area is 101 Å². The Morgan fingerprint density at radius 1 is 1.59 bits per heavy atom. The molecule has 2 fully saturated rings. The molecule has 0 spiro atoms. The monoisotopic (exact) mass is 233 g/mol. The van der Waals surface area contributed by atoms with Crippen molar-refractivity contribution in [3.63, 3.8) is 0 Å². The second-order valence-corrected chi connectivity index (χ2v) is 4.67. The van der Waals surface area contributed by atoms with E-state index in [9.17, 15) is 9.18 Å². The summed E-state index contributed by atoms with van der Waals surface area (Å²) in [4.78, 5) is 12.2. The minimum atomic E-state index is -0.537. The van der Waals surface area contributed by atoms with Crippen molar-refractivity contribution in [1.29, 1.82) is 0 Å². The Balaban J connectivity index is 2.27. The average molecular weight is 233 g/mol. The maximum atomic E-state index is 12.7. The molecule has 1 saturated heterocycles. The van der Waals surface area contributed by atoms with Crippen molar-refractivity contribution in [3.05, 3.63) is 23.7 Å². The highest BCUT2D eigenvalue weighted by Gasteiger charge is 2.42. The Kier molecular flexibility index (Phi) is 3.33. The summed E-state index contributed by atoms with van der Waals surface area (Å²) in [6, 6.07) is 0.187. The first kappa shape index (κ1) is 11.9. The molecule has 0 aromatic rings. The molecule has 90 valence electrons. The lowest BCUT2D eigenvalue weighted by Gasteiger charge is -2.32. The molecule has 1 heterocycles. The van der Waals surface area contributed by atoms with Gasteiger partial charge in [-0.15, -0.1) is 6.42 Å². The number of hydrogen-bond acceptors (Lipinski definition) is 2. The van der Waals surface area contributed by atoms with Crippen LogP contribution in [0.4, 0.5) is 4.39 Å². The molecular weight excluding hydrogens is 217 g/mol. The summed E-state index contributed by atoms with van der Waals surface area (Å²) in [6.45, 7) is 1.37. The van der Waals surface area contributed by atoms with Crippen LogP contribution in [0.2, 0.25) is 0 Å². The molecule has 1 aliphatic heterocycles. The Morgan fingerprint density at radius 2 is 2.35 bits per heavy atom. The van der Waals surface area contributed by atoms with Crippen LogP contribution < -0.4 is 5.32 Å². The predicted octanol–water partition coefficient (Wildman–Crippen LogP) is 2.33. The number of halogens is 1. The smallest absolute Gasteiger partial charge is 0.158 e. The number of carbonyl (C=O) groups excluding carboxylic acids is 1. The zero-order valence-electron chi connectivity index (χ0n) is 9.87. The number of allylic oxidation sites excluding steroid dienone is 4. The summed E-state index contributed by atoms with van der Waals surface area (Å²) < 4.78 is 12.7. The fourth-order valence-corrected chi connectivity index (χ4v) is 2.66. The van der Waals surface area contributed by atoms with Crippen LogP contribution in [-0.4, -0.2) is 11.8 Å². The standard InChI is InChI=1S/C14H16FNO/c1-3-10-13(8-7-9(2)15)16-12-6-4-5-11(12)14(10)17/h1,7-8,10-12,16H,4-6H2,2H3/b9-7+,13-8+. The zero-order chi connectivity index (χ0) is 12.4. The molecule has 2 nitrogen and oxygen atoms in total. The van der Waals surface area contributed by atoms with Crippen LogP contribution in [0.5, 0.6) is 0 Å². The zero-order valence-corrected chi connectivity index (χ0v) is 9.87. The minimum Gasteiger partial charge on any atom is -0.383 e. The van der Waals surface area contributed by atoms with Crippen molar-refractivity contribution in [3.8, 4) is 12.3 Å². The van der Waals surface area contributed by atoms with Gasteiger partial charge in [-0.25, -0.2) is 4.39 Å². The predicted molar refractivity (Wildman–Crippen MR) is 64.5 cm³/mol. The van der Waals surface area contributed by atoms with Crippen molar-refractivity contribution in [2.45, 2.75) is 32.2 Å². The van der Waals surface area contributed by atoms with Gasteiger partial charge in [-0.2, -0.15) is 0 Å². The first-order chi connectivity index (χ1) is 8.13. The van der Waals surface area contributed by atoms with Crippen molar-refractivity contribution in [2.75, 3.05) is 0 Å². The van der Waals surface area contributed by atoms with Gasteiger partial charge in [0.25, 0.3) is 0 Å². The Hall–Kier alpha value is -1.56. The molecule has 1 saturated carbocycles. The number of carbonyl (C=O) groups is 1.